The third-order valence-corrected chi connectivity index (χ3v) is 3.37. The van der Waals surface area contributed by atoms with Gasteiger partial charge in [-0.15, -0.1) is 0 Å². The molecule has 0 aliphatic carbocycles. The Morgan fingerprint density at radius 2 is 1.86 bits per heavy atom. The first-order valence-corrected chi connectivity index (χ1v) is 7.56. The van der Waals surface area contributed by atoms with E-state index in [-0.39, 0.29) is 5.82 Å². The highest BCUT2D eigenvalue weighted by Gasteiger charge is 2.13. The van der Waals surface area contributed by atoms with Gasteiger partial charge in [0.2, 0.25) is 0 Å². The minimum absolute atomic E-state index is 0.282. The maximum absolute atomic E-state index is 13.4. The lowest BCUT2D eigenvalue weighted by atomic mass is 10.1. The monoisotopic (exact) mass is 303 g/mol. The molecule has 2 aromatic rings. The first kappa shape index (κ1) is 16.1. The van der Waals surface area contributed by atoms with Crippen LogP contribution in [0.25, 0.3) is 0 Å². The molecular formula is C18H22FNO2. The minimum atomic E-state index is -0.282. The highest BCUT2D eigenvalue weighted by atomic mass is 19.1. The second-order valence-electron chi connectivity index (χ2n) is 5.01. The van der Waals surface area contributed by atoms with Gasteiger partial charge in [0.15, 0.2) is 11.5 Å². The van der Waals surface area contributed by atoms with Crippen molar-refractivity contribution in [2.24, 2.45) is 0 Å². The highest BCUT2D eigenvalue weighted by Crippen LogP contribution is 2.30. The van der Waals surface area contributed by atoms with Crippen molar-refractivity contribution >= 4 is 5.69 Å². The summed E-state index contributed by atoms with van der Waals surface area (Å²) in [4.78, 5) is 5.96. The molecular weight excluding hydrogens is 281 g/mol. The lowest BCUT2D eigenvalue weighted by Gasteiger charge is -2.25. The van der Waals surface area contributed by atoms with E-state index < -0.39 is 0 Å². The van der Waals surface area contributed by atoms with Gasteiger partial charge in [-0.1, -0.05) is 26.0 Å². The van der Waals surface area contributed by atoms with E-state index in [1.165, 1.54) is 17.7 Å². The highest BCUT2D eigenvalue weighted by molar-refractivity contribution is 5.48. The third-order valence-electron chi connectivity index (χ3n) is 3.37. The van der Waals surface area contributed by atoms with E-state index in [1.807, 2.05) is 31.2 Å². The lowest BCUT2D eigenvalue weighted by molar-refractivity contribution is 0.262. The number of hydrogen-bond donors (Lipinski definition) is 0. The Balaban J connectivity index is 2.28. The fourth-order valence-corrected chi connectivity index (χ4v) is 2.19. The maximum Gasteiger partial charge on any atom is 0.197 e. The molecule has 118 valence electrons. The van der Waals surface area contributed by atoms with E-state index in [0.717, 1.165) is 12.8 Å². The van der Waals surface area contributed by atoms with Crippen LogP contribution in [0.15, 0.2) is 42.5 Å². The molecule has 0 aliphatic heterocycles. The molecule has 0 bridgehead atoms. The molecule has 0 spiro atoms. The molecule has 0 N–H and O–H groups in total. The van der Waals surface area contributed by atoms with E-state index >= 15 is 0 Å². The molecule has 0 aromatic heterocycles. The Morgan fingerprint density at radius 3 is 2.50 bits per heavy atom. The number of benzene rings is 2. The third kappa shape index (κ3) is 3.91. The summed E-state index contributed by atoms with van der Waals surface area (Å²) in [7, 11) is 1.62. The van der Waals surface area contributed by atoms with Crippen molar-refractivity contribution in [1.29, 1.82) is 0 Å². The predicted octanol–water partition coefficient (Wildman–Crippen LogP) is 4.61. The van der Waals surface area contributed by atoms with Crippen molar-refractivity contribution in [2.45, 2.75) is 26.7 Å². The van der Waals surface area contributed by atoms with Crippen LogP contribution in [0.4, 0.5) is 10.1 Å². The Morgan fingerprint density at radius 1 is 1.05 bits per heavy atom. The Hall–Kier alpha value is -2.23. The summed E-state index contributed by atoms with van der Waals surface area (Å²) >= 11 is 0. The number of halogens is 1. The molecule has 0 aliphatic rings. The zero-order valence-corrected chi connectivity index (χ0v) is 13.3. The quantitative estimate of drug-likeness (QED) is 0.697. The maximum atomic E-state index is 13.4. The summed E-state index contributed by atoms with van der Waals surface area (Å²) in [5.74, 6) is 1.02. The summed E-state index contributed by atoms with van der Waals surface area (Å²) in [5.41, 5.74) is 1.86. The number of hydrogen-bond acceptors (Lipinski definition) is 3. The van der Waals surface area contributed by atoms with Crippen LogP contribution in [0.2, 0.25) is 0 Å². The van der Waals surface area contributed by atoms with Gasteiger partial charge < -0.3 is 9.57 Å². The Bertz CT molecular complexity index is 616. The molecule has 2 aromatic carbocycles. The van der Waals surface area contributed by atoms with Crippen molar-refractivity contribution in [3.63, 3.8) is 0 Å². The lowest BCUT2D eigenvalue weighted by Crippen LogP contribution is -2.28. The van der Waals surface area contributed by atoms with E-state index in [1.54, 1.807) is 18.2 Å². The van der Waals surface area contributed by atoms with Crippen LogP contribution < -0.4 is 14.6 Å². The second kappa shape index (κ2) is 7.69. The van der Waals surface area contributed by atoms with E-state index in [0.29, 0.717) is 23.7 Å². The SMILES string of the molecule is CCCN(Oc1ccc(CC)cc1OC)c1cccc(F)c1. The number of methoxy groups -OCH3 is 1. The van der Waals surface area contributed by atoms with E-state index in [2.05, 4.69) is 6.92 Å². The predicted molar refractivity (Wildman–Crippen MR) is 87.0 cm³/mol. The van der Waals surface area contributed by atoms with Gasteiger partial charge in [0, 0.05) is 6.07 Å². The van der Waals surface area contributed by atoms with Gasteiger partial charge in [0.1, 0.15) is 5.82 Å². The summed E-state index contributed by atoms with van der Waals surface area (Å²) < 4.78 is 18.8. The summed E-state index contributed by atoms with van der Waals surface area (Å²) in [6.07, 6.45) is 1.81. The molecule has 0 saturated heterocycles. The normalized spacial score (nSPS) is 10.4. The molecule has 4 heteroatoms. The van der Waals surface area contributed by atoms with Gasteiger partial charge in [0.05, 0.1) is 19.3 Å². The van der Waals surface area contributed by atoms with Crippen molar-refractivity contribution < 1.29 is 14.0 Å². The van der Waals surface area contributed by atoms with Gasteiger partial charge >= 0.3 is 0 Å². The average Bonchev–Trinajstić information content (AvgIpc) is 2.54. The second-order valence-corrected chi connectivity index (χ2v) is 5.01. The number of rotatable bonds is 7. The van der Waals surface area contributed by atoms with Crippen LogP contribution >= 0.6 is 0 Å². The first-order valence-electron chi connectivity index (χ1n) is 7.56. The standard InChI is InChI=1S/C18H22FNO2/c1-4-11-20(16-8-6-7-15(19)13-16)22-17-10-9-14(5-2)12-18(17)21-3/h6-10,12-13H,4-5,11H2,1-3H3. The van der Waals surface area contributed by atoms with Crippen molar-refractivity contribution in [1.82, 2.24) is 0 Å². The summed E-state index contributed by atoms with van der Waals surface area (Å²) in [6, 6.07) is 12.2. The van der Waals surface area contributed by atoms with Crippen molar-refractivity contribution in [3.8, 4) is 11.5 Å². The molecule has 2 rings (SSSR count). The molecule has 0 atom stereocenters. The Labute approximate surface area is 131 Å². The van der Waals surface area contributed by atoms with Crippen molar-refractivity contribution in [3.05, 3.63) is 53.8 Å². The van der Waals surface area contributed by atoms with Crippen molar-refractivity contribution in [2.75, 3.05) is 18.7 Å². The molecule has 0 radical (unpaired) electrons. The minimum Gasteiger partial charge on any atom is -0.493 e. The van der Waals surface area contributed by atoms with Crippen LogP contribution in [-0.4, -0.2) is 13.7 Å². The number of hydroxylamine groups is 1. The zero-order valence-electron chi connectivity index (χ0n) is 13.3. The zero-order chi connectivity index (χ0) is 15.9. The van der Waals surface area contributed by atoms with Gasteiger partial charge in [0.25, 0.3) is 0 Å². The average molecular weight is 303 g/mol. The largest absolute Gasteiger partial charge is 0.493 e. The number of anilines is 1. The van der Waals surface area contributed by atoms with Gasteiger partial charge in [-0.3, -0.25) is 0 Å². The molecule has 22 heavy (non-hydrogen) atoms. The first-order chi connectivity index (χ1) is 10.7. The molecule has 0 heterocycles. The smallest absolute Gasteiger partial charge is 0.197 e. The van der Waals surface area contributed by atoms with Gasteiger partial charge in [-0.2, -0.15) is 0 Å². The summed E-state index contributed by atoms with van der Waals surface area (Å²) in [6.45, 7) is 4.79. The van der Waals surface area contributed by atoms with Crippen LogP contribution in [0, 0.1) is 5.82 Å². The van der Waals surface area contributed by atoms with Crippen LogP contribution in [0.1, 0.15) is 25.8 Å². The molecule has 0 unspecified atom stereocenters. The van der Waals surface area contributed by atoms with Crippen LogP contribution in [-0.2, 0) is 6.42 Å². The van der Waals surface area contributed by atoms with Crippen LogP contribution in [0.5, 0.6) is 11.5 Å². The van der Waals surface area contributed by atoms with Gasteiger partial charge in [-0.25, -0.2) is 9.45 Å². The van der Waals surface area contributed by atoms with E-state index in [9.17, 15) is 4.39 Å². The molecule has 3 nitrogen and oxygen atoms in total. The topological polar surface area (TPSA) is 21.7 Å². The fourth-order valence-electron chi connectivity index (χ4n) is 2.19. The number of ether oxygens (including phenoxy) is 1. The number of nitrogens with zero attached hydrogens (tertiary/aromatic N) is 1. The molecule has 0 fully saturated rings. The van der Waals surface area contributed by atoms with Gasteiger partial charge in [-0.05, 0) is 42.7 Å². The summed E-state index contributed by atoms with van der Waals surface area (Å²) in [5, 5.41) is 1.69. The Kier molecular flexibility index (Phi) is 5.64. The fraction of sp³-hybridized carbons (Fsp3) is 0.333. The van der Waals surface area contributed by atoms with E-state index in [4.69, 9.17) is 9.57 Å². The molecule has 0 saturated carbocycles. The molecule has 0 amide bonds. The number of aryl methyl sites for hydroxylation is 1. The van der Waals surface area contributed by atoms with Crippen LogP contribution in [0.3, 0.4) is 0 Å².